The monoisotopic (exact) mass is 630 g/mol. The van der Waals surface area contributed by atoms with E-state index < -0.39 is 20.3 Å². The lowest BCUT2D eigenvalue weighted by Gasteiger charge is -2.22. The van der Waals surface area contributed by atoms with E-state index in [0.717, 1.165) is 11.1 Å². The number of benzene rings is 4. The second-order valence-corrected chi connectivity index (χ2v) is 12.1. The first-order valence-corrected chi connectivity index (χ1v) is 15.7. The SMILES string of the molecule is COc1ccc(C(C=Cc2ccc(OC)c(OC)c2)S(=O)(=O)C(C=Cc2ccc(OC)c(OC)c2)c2ccc(OC)cc2)cc1. The highest BCUT2D eigenvalue weighted by Gasteiger charge is 2.33. The van der Waals surface area contributed by atoms with Crippen LogP contribution in [0.5, 0.6) is 34.5 Å². The van der Waals surface area contributed by atoms with Gasteiger partial charge < -0.3 is 28.4 Å². The Balaban J connectivity index is 1.84. The van der Waals surface area contributed by atoms with Gasteiger partial charge in [-0.15, -0.1) is 0 Å². The third kappa shape index (κ3) is 7.80. The Bertz CT molecular complexity index is 1600. The first-order valence-electron chi connectivity index (χ1n) is 14.1. The zero-order valence-corrected chi connectivity index (χ0v) is 27.0. The number of ether oxygens (including phenoxy) is 6. The van der Waals surface area contributed by atoms with Crippen LogP contribution in [0.15, 0.2) is 97.1 Å². The van der Waals surface area contributed by atoms with Crippen molar-refractivity contribution < 1.29 is 36.8 Å². The van der Waals surface area contributed by atoms with Crippen LogP contribution in [0.3, 0.4) is 0 Å². The fourth-order valence-electron chi connectivity index (χ4n) is 4.88. The molecule has 0 saturated heterocycles. The van der Waals surface area contributed by atoms with Crippen molar-refractivity contribution in [3.8, 4) is 34.5 Å². The molecule has 0 aliphatic rings. The lowest BCUT2D eigenvalue weighted by molar-refractivity contribution is 0.355. The minimum Gasteiger partial charge on any atom is -0.497 e. The molecule has 8 nitrogen and oxygen atoms in total. The van der Waals surface area contributed by atoms with Crippen LogP contribution in [-0.4, -0.2) is 51.1 Å². The second kappa shape index (κ2) is 15.2. The maximum atomic E-state index is 14.8. The first-order chi connectivity index (χ1) is 21.8. The minimum atomic E-state index is -3.97. The summed E-state index contributed by atoms with van der Waals surface area (Å²) in [4.78, 5) is 0. The van der Waals surface area contributed by atoms with Crippen LogP contribution in [0.1, 0.15) is 32.8 Å². The van der Waals surface area contributed by atoms with Crippen molar-refractivity contribution in [1.82, 2.24) is 0 Å². The number of hydrogen-bond acceptors (Lipinski definition) is 8. The molecule has 0 spiro atoms. The van der Waals surface area contributed by atoms with Crippen LogP contribution in [0.2, 0.25) is 0 Å². The summed E-state index contributed by atoms with van der Waals surface area (Å²) in [7, 11) is 5.40. The van der Waals surface area contributed by atoms with Gasteiger partial charge in [0.2, 0.25) is 0 Å². The fraction of sp³-hybridized carbons (Fsp3) is 0.222. The molecule has 4 rings (SSSR count). The molecule has 0 amide bonds. The van der Waals surface area contributed by atoms with Crippen molar-refractivity contribution in [2.24, 2.45) is 0 Å². The summed E-state index contributed by atoms with van der Waals surface area (Å²) in [5.41, 5.74) is 2.68. The molecule has 2 atom stereocenters. The predicted octanol–water partition coefficient (Wildman–Crippen LogP) is 7.36. The maximum Gasteiger partial charge on any atom is 0.171 e. The van der Waals surface area contributed by atoms with Crippen molar-refractivity contribution in [3.05, 3.63) is 119 Å². The number of hydrogen-bond donors (Lipinski definition) is 0. The molecule has 236 valence electrons. The summed E-state index contributed by atoms with van der Waals surface area (Å²) in [5, 5.41) is -2.03. The number of methoxy groups -OCH3 is 6. The molecule has 9 heteroatoms. The molecule has 0 N–H and O–H groups in total. The van der Waals surface area contributed by atoms with Gasteiger partial charge in [0.05, 0.1) is 42.7 Å². The number of rotatable bonds is 14. The van der Waals surface area contributed by atoms with Gasteiger partial charge in [-0.2, -0.15) is 0 Å². The third-order valence-corrected chi connectivity index (χ3v) is 9.61. The molecular weight excluding hydrogens is 592 g/mol. The summed E-state index contributed by atoms with van der Waals surface area (Å²) in [5.74, 6) is 3.48. The van der Waals surface area contributed by atoms with E-state index in [9.17, 15) is 8.42 Å². The van der Waals surface area contributed by atoms with E-state index in [0.29, 0.717) is 45.6 Å². The minimum absolute atomic E-state index is 0.539. The summed E-state index contributed by atoms with van der Waals surface area (Å²) in [6.45, 7) is 0. The second-order valence-electron chi connectivity index (χ2n) is 9.92. The summed E-state index contributed by atoms with van der Waals surface area (Å²) in [6, 6.07) is 24.9. The van der Waals surface area contributed by atoms with Crippen molar-refractivity contribution >= 4 is 22.0 Å². The Morgan fingerprint density at radius 3 is 1.13 bits per heavy atom. The Hall–Kier alpha value is -4.89. The van der Waals surface area contributed by atoms with Crippen LogP contribution in [0.25, 0.3) is 12.2 Å². The highest BCUT2D eigenvalue weighted by molar-refractivity contribution is 7.92. The van der Waals surface area contributed by atoms with Crippen LogP contribution in [0.4, 0.5) is 0 Å². The molecule has 4 aromatic carbocycles. The molecule has 0 aliphatic carbocycles. The van der Waals surface area contributed by atoms with Gasteiger partial charge in [0.15, 0.2) is 32.8 Å². The fourth-order valence-corrected chi connectivity index (χ4v) is 6.86. The van der Waals surface area contributed by atoms with Gasteiger partial charge in [0.25, 0.3) is 0 Å². The first kappa shape index (κ1) is 33.0. The molecule has 45 heavy (non-hydrogen) atoms. The van der Waals surface area contributed by atoms with Crippen molar-refractivity contribution in [2.75, 3.05) is 42.7 Å². The predicted molar refractivity (Wildman–Crippen MR) is 178 cm³/mol. The molecule has 0 heterocycles. The number of sulfone groups is 1. The zero-order chi connectivity index (χ0) is 32.4. The van der Waals surface area contributed by atoms with Crippen molar-refractivity contribution in [3.63, 3.8) is 0 Å². The third-order valence-electron chi connectivity index (χ3n) is 7.34. The Morgan fingerprint density at radius 2 is 0.822 bits per heavy atom. The molecule has 0 aromatic heterocycles. The van der Waals surface area contributed by atoms with Crippen molar-refractivity contribution in [1.29, 1.82) is 0 Å². The van der Waals surface area contributed by atoms with Crippen molar-refractivity contribution in [2.45, 2.75) is 10.5 Å². The lowest BCUT2D eigenvalue weighted by atomic mass is 10.1. The summed E-state index contributed by atoms with van der Waals surface area (Å²) < 4.78 is 61.9. The van der Waals surface area contributed by atoms with E-state index in [1.807, 2.05) is 12.1 Å². The van der Waals surface area contributed by atoms with Crippen LogP contribution >= 0.6 is 0 Å². The molecule has 0 saturated carbocycles. The molecular formula is C36H38O8S. The topological polar surface area (TPSA) is 89.5 Å². The van der Waals surface area contributed by atoms with Gasteiger partial charge in [-0.1, -0.05) is 60.7 Å². The lowest BCUT2D eigenvalue weighted by Crippen LogP contribution is -2.19. The Labute approximate surface area is 265 Å². The van der Waals surface area contributed by atoms with Crippen LogP contribution in [-0.2, 0) is 9.84 Å². The standard InChI is InChI=1S/C36H38O8S/c1-39-29-15-11-27(12-16-29)35(21-9-25-7-19-31(41-3)33(23-25)43-5)45(37,38)36(28-13-17-30(40-2)18-14-28)22-10-26-8-20-32(42-4)34(24-26)44-6/h7-24,35-36H,1-6H3. The van der Waals surface area contributed by atoms with Crippen LogP contribution < -0.4 is 28.4 Å². The van der Waals surface area contributed by atoms with Gasteiger partial charge >= 0.3 is 0 Å². The van der Waals surface area contributed by atoms with E-state index in [-0.39, 0.29) is 0 Å². The van der Waals surface area contributed by atoms with Gasteiger partial charge in [0, 0.05) is 0 Å². The van der Waals surface area contributed by atoms with E-state index in [1.165, 1.54) is 0 Å². The summed E-state index contributed by atoms with van der Waals surface area (Å²) in [6.07, 6.45) is 6.94. The highest BCUT2D eigenvalue weighted by atomic mass is 32.2. The smallest absolute Gasteiger partial charge is 0.171 e. The molecule has 0 bridgehead atoms. The average Bonchev–Trinajstić information content (AvgIpc) is 3.08. The Morgan fingerprint density at radius 1 is 0.467 bits per heavy atom. The van der Waals surface area contributed by atoms with Gasteiger partial charge in [-0.25, -0.2) is 8.42 Å². The van der Waals surface area contributed by atoms with E-state index in [4.69, 9.17) is 28.4 Å². The van der Waals surface area contributed by atoms with E-state index in [1.54, 1.807) is 140 Å². The maximum absolute atomic E-state index is 14.8. The normalized spacial score (nSPS) is 12.9. The van der Waals surface area contributed by atoms with Gasteiger partial charge in [-0.3, -0.25) is 0 Å². The van der Waals surface area contributed by atoms with E-state index >= 15 is 0 Å². The molecule has 4 aromatic rings. The molecule has 0 fully saturated rings. The van der Waals surface area contributed by atoms with Gasteiger partial charge in [0.1, 0.15) is 22.0 Å². The van der Waals surface area contributed by atoms with Gasteiger partial charge in [-0.05, 0) is 70.8 Å². The molecule has 2 unspecified atom stereocenters. The zero-order valence-electron chi connectivity index (χ0n) is 26.2. The summed E-state index contributed by atoms with van der Waals surface area (Å²) >= 11 is 0. The average molecular weight is 631 g/mol. The molecule has 0 aliphatic heterocycles. The quantitative estimate of drug-likeness (QED) is 0.143. The largest absolute Gasteiger partial charge is 0.497 e. The Kier molecular flexibility index (Phi) is 11.2. The van der Waals surface area contributed by atoms with Crippen LogP contribution in [0, 0.1) is 0 Å². The highest BCUT2D eigenvalue weighted by Crippen LogP contribution is 2.39. The molecule has 0 radical (unpaired) electrons. The van der Waals surface area contributed by atoms with E-state index in [2.05, 4.69) is 0 Å².